The van der Waals surface area contributed by atoms with E-state index < -0.39 is 0 Å². The Morgan fingerprint density at radius 1 is 1.55 bits per heavy atom. The Morgan fingerprint density at radius 3 is 2.95 bits per heavy atom. The number of nitrogens with zero attached hydrogens (tertiary/aromatic N) is 2. The summed E-state index contributed by atoms with van der Waals surface area (Å²) in [5, 5.41) is 5.28. The van der Waals surface area contributed by atoms with Crippen molar-refractivity contribution < 1.29 is 4.79 Å². The van der Waals surface area contributed by atoms with E-state index >= 15 is 0 Å². The first-order valence-corrected chi connectivity index (χ1v) is 8.29. The van der Waals surface area contributed by atoms with Gasteiger partial charge in [-0.2, -0.15) is 0 Å². The molecule has 0 fully saturated rings. The Balaban J connectivity index is 2.25. The summed E-state index contributed by atoms with van der Waals surface area (Å²) in [5.74, 6) is 0.215. The van der Waals surface area contributed by atoms with Gasteiger partial charge in [0.15, 0.2) is 5.16 Å². The van der Waals surface area contributed by atoms with Crippen molar-refractivity contribution in [2.75, 3.05) is 5.75 Å². The third-order valence-corrected chi connectivity index (χ3v) is 4.50. The van der Waals surface area contributed by atoms with Crippen molar-refractivity contribution in [3.05, 3.63) is 21.8 Å². The Hall–Kier alpha value is -1.34. The van der Waals surface area contributed by atoms with Gasteiger partial charge in [0.1, 0.15) is 4.70 Å². The first-order valence-electron chi connectivity index (χ1n) is 6.43. The van der Waals surface area contributed by atoms with Crippen LogP contribution in [0.25, 0.3) is 10.2 Å². The first-order chi connectivity index (χ1) is 9.52. The van der Waals surface area contributed by atoms with E-state index in [1.54, 1.807) is 4.57 Å². The molecule has 1 N–H and O–H groups in total. The quantitative estimate of drug-likeness (QED) is 0.678. The monoisotopic (exact) mass is 311 g/mol. The lowest BCUT2D eigenvalue weighted by molar-refractivity contribution is -0.119. The molecule has 108 valence electrons. The molecule has 0 saturated heterocycles. The summed E-state index contributed by atoms with van der Waals surface area (Å²) in [6.45, 7) is 6.29. The van der Waals surface area contributed by atoms with E-state index in [2.05, 4.69) is 10.3 Å². The maximum absolute atomic E-state index is 12.3. The Kier molecular flexibility index (Phi) is 4.82. The van der Waals surface area contributed by atoms with Crippen molar-refractivity contribution >= 4 is 39.2 Å². The molecule has 0 aliphatic rings. The van der Waals surface area contributed by atoms with Gasteiger partial charge in [0.25, 0.3) is 5.56 Å². The summed E-state index contributed by atoms with van der Waals surface area (Å²) in [7, 11) is 0. The van der Waals surface area contributed by atoms with E-state index in [1.165, 1.54) is 23.1 Å². The fourth-order valence-electron chi connectivity index (χ4n) is 1.81. The lowest BCUT2D eigenvalue weighted by Crippen LogP contribution is -2.32. The molecule has 5 nitrogen and oxygen atoms in total. The van der Waals surface area contributed by atoms with E-state index in [1.807, 2.05) is 32.2 Å². The Labute approximate surface area is 125 Å². The Morgan fingerprint density at radius 2 is 2.30 bits per heavy atom. The number of carbonyl (C=O) groups is 1. The highest BCUT2D eigenvalue weighted by Gasteiger charge is 2.13. The zero-order chi connectivity index (χ0) is 14.7. The van der Waals surface area contributed by atoms with Crippen LogP contribution in [0.1, 0.15) is 20.8 Å². The van der Waals surface area contributed by atoms with Crippen LogP contribution in [-0.2, 0) is 11.3 Å². The van der Waals surface area contributed by atoms with Crippen LogP contribution >= 0.6 is 23.1 Å². The third-order valence-electron chi connectivity index (χ3n) is 2.63. The standard InChI is InChI=1S/C13H17N3O2S2/c1-4-16-12(18)11-9(5-6-19-11)15-13(16)20-7-10(17)14-8(2)3/h5-6,8H,4,7H2,1-3H3,(H,14,17). The lowest BCUT2D eigenvalue weighted by Gasteiger charge is -2.11. The second-order valence-electron chi connectivity index (χ2n) is 4.59. The summed E-state index contributed by atoms with van der Waals surface area (Å²) in [6.07, 6.45) is 0. The number of amides is 1. The van der Waals surface area contributed by atoms with Crippen LogP contribution in [0.4, 0.5) is 0 Å². The van der Waals surface area contributed by atoms with Crippen molar-refractivity contribution in [1.29, 1.82) is 0 Å². The van der Waals surface area contributed by atoms with Crippen LogP contribution in [-0.4, -0.2) is 27.3 Å². The van der Waals surface area contributed by atoms with Gasteiger partial charge in [-0.1, -0.05) is 11.8 Å². The number of thiophene rings is 1. The van der Waals surface area contributed by atoms with Crippen LogP contribution in [0.2, 0.25) is 0 Å². The number of thioether (sulfide) groups is 1. The predicted molar refractivity (Wildman–Crippen MR) is 83.6 cm³/mol. The van der Waals surface area contributed by atoms with Crippen LogP contribution in [0.3, 0.4) is 0 Å². The number of aromatic nitrogens is 2. The van der Waals surface area contributed by atoms with E-state index in [9.17, 15) is 9.59 Å². The third kappa shape index (κ3) is 3.21. The minimum atomic E-state index is -0.0488. The van der Waals surface area contributed by atoms with Crippen molar-refractivity contribution in [2.45, 2.75) is 38.5 Å². The van der Waals surface area contributed by atoms with Gasteiger partial charge in [-0.25, -0.2) is 4.98 Å². The first kappa shape index (κ1) is 15.1. The summed E-state index contributed by atoms with van der Waals surface area (Å²) < 4.78 is 2.29. The van der Waals surface area contributed by atoms with Gasteiger partial charge < -0.3 is 5.32 Å². The average molecular weight is 311 g/mol. The molecule has 7 heteroatoms. The topological polar surface area (TPSA) is 64.0 Å². The molecule has 0 saturated carbocycles. The molecule has 0 spiro atoms. The normalized spacial score (nSPS) is 11.2. The zero-order valence-corrected chi connectivity index (χ0v) is 13.3. The van der Waals surface area contributed by atoms with Gasteiger partial charge in [0.05, 0.1) is 11.3 Å². The summed E-state index contributed by atoms with van der Waals surface area (Å²) >= 11 is 2.70. The van der Waals surface area contributed by atoms with Gasteiger partial charge in [-0.15, -0.1) is 11.3 Å². The van der Waals surface area contributed by atoms with Gasteiger partial charge in [0.2, 0.25) is 5.91 Å². The Bertz CT molecular complexity index is 676. The fraction of sp³-hybridized carbons (Fsp3) is 0.462. The molecular weight excluding hydrogens is 294 g/mol. The van der Waals surface area contributed by atoms with Crippen molar-refractivity contribution in [1.82, 2.24) is 14.9 Å². The SMILES string of the molecule is CCn1c(SCC(=O)NC(C)C)nc2ccsc2c1=O. The molecule has 0 unspecified atom stereocenters. The van der Waals surface area contributed by atoms with Gasteiger partial charge >= 0.3 is 0 Å². The molecule has 0 aromatic carbocycles. The van der Waals surface area contributed by atoms with E-state index in [-0.39, 0.29) is 23.3 Å². The van der Waals surface area contributed by atoms with Crippen LogP contribution in [0, 0.1) is 0 Å². The number of fused-ring (bicyclic) bond motifs is 1. The molecule has 1 amide bonds. The fourth-order valence-corrected chi connectivity index (χ4v) is 3.46. The molecule has 2 aromatic rings. The maximum atomic E-state index is 12.3. The molecule has 2 heterocycles. The molecule has 20 heavy (non-hydrogen) atoms. The summed E-state index contributed by atoms with van der Waals surface area (Å²) in [5.41, 5.74) is 0.677. The molecule has 0 bridgehead atoms. The second kappa shape index (κ2) is 6.41. The van der Waals surface area contributed by atoms with E-state index in [0.29, 0.717) is 21.9 Å². The molecule has 0 atom stereocenters. The highest BCUT2D eigenvalue weighted by atomic mass is 32.2. The largest absolute Gasteiger partial charge is 0.353 e. The van der Waals surface area contributed by atoms with Crippen LogP contribution in [0.15, 0.2) is 21.4 Å². The minimum absolute atomic E-state index is 0.0285. The number of hydrogen-bond acceptors (Lipinski definition) is 5. The molecule has 2 aromatic heterocycles. The van der Waals surface area contributed by atoms with Crippen LogP contribution < -0.4 is 10.9 Å². The molecule has 0 aliphatic carbocycles. The summed E-state index contributed by atoms with van der Waals surface area (Å²) in [4.78, 5) is 28.4. The summed E-state index contributed by atoms with van der Waals surface area (Å²) in [6, 6.07) is 1.95. The molecule has 0 radical (unpaired) electrons. The second-order valence-corrected chi connectivity index (χ2v) is 6.45. The maximum Gasteiger partial charge on any atom is 0.272 e. The number of carbonyl (C=O) groups excluding carboxylic acids is 1. The van der Waals surface area contributed by atoms with Crippen LogP contribution in [0.5, 0.6) is 0 Å². The minimum Gasteiger partial charge on any atom is -0.353 e. The molecule has 0 aliphatic heterocycles. The van der Waals surface area contributed by atoms with Gasteiger partial charge in [-0.3, -0.25) is 14.2 Å². The number of nitrogens with one attached hydrogen (secondary N) is 1. The molecular formula is C13H17N3O2S2. The predicted octanol–water partition coefficient (Wildman–Crippen LogP) is 2.09. The van der Waals surface area contributed by atoms with E-state index in [0.717, 1.165) is 0 Å². The van der Waals surface area contributed by atoms with E-state index in [4.69, 9.17) is 0 Å². The van der Waals surface area contributed by atoms with Gasteiger partial charge in [0, 0.05) is 12.6 Å². The van der Waals surface area contributed by atoms with Gasteiger partial charge in [-0.05, 0) is 32.2 Å². The number of rotatable bonds is 5. The van der Waals surface area contributed by atoms with Crippen molar-refractivity contribution in [3.8, 4) is 0 Å². The highest BCUT2D eigenvalue weighted by Crippen LogP contribution is 2.20. The highest BCUT2D eigenvalue weighted by molar-refractivity contribution is 7.99. The average Bonchev–Trinajstić information content (AvgIpc) is 2.84. The zero-order valence-electron chi connectivity index (χ0n) is 11.7. The smallest absolute Gasteiger partial charge is 0.272 e. The lowest BCUT2D eigenvalue weighted by atomic mass is 10.4. The van der Waals surface area contributed by atoms with Crippen molar-refractivity contribution in [3.63, 3.8) is 0 Å². The molecule has 2 rings (SSSR count). The van der Waals surface area contributed by atoms with Crippen molar-refractivity contribution in [2.24, 2.45) is 0 Å². The number of hydrogen-bond donors (Lipinski definition) is 1.